The second-order valence-corrected chi connectivity index (χ2v) is 3.43. The third kappa shape index (κ3) is 2.04. The molecule has 2 N–H and O–H groups in total. The molecule has 1 aliphatic heterocycles. The van der Waals surface area contributed by atoms with Crippen molar-refractivity contribution in [1.82, 2.24) is 5.32 Å². The summed E-state index contributed by atoms with van der Waals surface area (Å²) >= 11 is 0. The van der Waals surface area contributed by atoms with Gasteiger partial charge in [0.15, 0.2) is 0 Å². The summed E-state index contributed by atoms with van der Waals surface area (Å²) in [5.41, 5.74) is 2.24. The van der Waals surface area contributed by atoms with Crippen LogP contribution in [0.4, 0.5) is 0 Å². The summed E-state index contributed by atoms with van der Waals surface area (Å²) in [7, 11) is 0. The SMILES string of the molecule is O=C(O)CC#Cc1ccc2c(c1)C(=O)NC2. The molecule has 1 aliphatic rings. The molecule has 1 aromatic rings. The van der Waals surface area contributed by atoms with Crippen LogP contribution < -0.4 is 5.32 Å². The number of benzene rings is 1. The number of aliphatic carboxylic acids is 1. The number of hydrogen-bond acceptors (Lipinski definition) is 2. The highest BCUT2D eigenvalue weighted by molar-refractivity contribution is 5.98. The van der Waals surface area contributed by atoms with E-state index in [9.17, 15) is 9.59 Å². The molecule has 80 valence electrons. The van der Waals surface area contributed by atoms with Crippen LogP contribution in [0.15, 0.2) is 18.2 Å². The number of carboxylic acids is 1. The zero-order chi connectivity index (χ0) is 11.5. The Morgan fingerprint density at radius 1 is 1.50 bits per heavy atom. The maximum absolute atomic E-state index is 11.3. The van der Waals surface area contributed by atoms with E-state index in [0.717, 1.165) is 5.56 Å². The topological polar surface area (TPSA) is 66.4 Å². The van der Waals surface area contributed by atoms with Gasteiger partial charge in [-0.2, -0.15) is 0 Å². The summed E-state index contributed by atoms with van der Waals surface area (Å²) in [6, 6.07) is 5.30. The molecule has 4 nitrogen and oxygen atoms in total. The van der Waals surface area contributed by atoms with Gasteiger partial charge < -0.3 is 10.4 Å². The van der Waals surface area contributed by atoms with E-state index in [1.807, 2.05) is 6.07 Å². The lowest BCUT2D eigenvalue weighted by atomic mass is 10.1. The predicted octanol–water partition coefficient (Wildman–Crippen LogP) is 0.756. The van der Waals surface area contributed by atoms with Crippen molar-refractivity contribution < 1.29 is 14.7 Å². The summed E-state index contributed by atoms with van der Waals surface area (Å²) in [5.74, 6) is 4.19. The Kier molecular flexibility index (Phi) is 2.61. The fraction of sp³-hybridized carbons (Fsp3) is 0.167. The zero-order valence-electron chi connectivity index (χ0n) is 8.41. The van der Waals surface area contributed by atoms with Crippen LogP contribution in [0.2, 0.25) is 0 Å². The molecule has 0 unspecified atom stereocenters. The lowest BCUT2D eigenvalue weighted by molar-refractivity contribution is -0.135. The third-order valence-electron chi connectivity index (χ3n) is 2.27. The molecule has 1 aromatic carbocycles. The normalized spacial score (nSPS) is 12.4. The Bertz CT molecular complexity index is 523. The van der Waals surface area contributed by atoms with Gasteiger partial charge in [0.25, 0.3) is 5.91 Å². The van der Waals surface area contributed by atoms with Crippen LogP contribution >= 0.6 is 0 Å². The van der Waals surface area contributed by atoms with E-state index in [-0.39, 0.29) is 12.3 Å². The first-order chi connectivity index (χ1) is 7.66. The molecule has 0 radical (unpaired) electrons. The summed E-state index contributed by atoms with van der Waals surface area (Å²) < 4.78 is 0. The molecule has 0 bridgehead atoms. The zero-order valence-corrected chi connectivity index (χ0v) is 8.41. The molecule has 0 atom stereocenters. The molecule has 0 aliphatic carbocycles. The highest BCUT2D eigenvalue weighted by Gasteiger charge is 2.17. The van der Waals surface area contributed by atoms with Gasteiger partial charge in [0, 0.05) is 17.7 Å². The van der Waals surface area contributed by atoms with Crippen molar-refractivity contribution in [2.24, 2.45) is 0 Å². The highest BCUT2D eigenvalue weighted by Crippen LogP contribution is 2.16. The lowest BCUT2D eigenvalue weighted by Crippen LogP contribution is -2.12. The van der Waals surface area contributed by atoms with Crippen molar-refractivity contribution in [3.05, 3.63) is 34.9 Å². The maximum Gasteiger partial charge on any atom is 0.315 e. The number of nitrogens with one attached hydrogen (secondary N) is 1. The first kappa shape index (κ1) is 10.2. The van der Waals surface area contributed by atoms with Crippen LogP contribution in [-0.4, -0.2) is 17.0 Å². The van der Waals surface area contributed by atoms with E-state index in [4.69, 9.17) is 5.11 Å². The van der Waals surface area contributed by atoms with E-state index in [0.29, 0.717) is 17.7 Å². The second kappa shape index (κ2) is 4.07. The van der Waals surface area contributed by atoms with Gasteiger partial charge >= 0.3 is 5.97 Å². The molecule has 2 rings (SSSR count). The average molecular weight is 215 g/mol. The molecular weight excluding hydrogens is 206 g/mol. The standard InChI is InChI=1S/C12H9NO3/c14-11(15)3-1-2-8-4-5-9-7-13-12(16)10(9)6-8/h4-6H,3,7H2,(H,13,16)(H,14,15). The fourth-order valence-electron chi connectivity index (χ4n) is 1.51. The van der Waals surface area contributed by atoms with Gasteiger partial charge in [-0.25, -0.2) is 0 Å². The quantitative estimate of drug-likeness (QED) is 0.679. The number of carbonyl (C=O) groups excluding carboxylic acids is 1. The summed E-state index contributed by atoms with van der Waals surface area (Å²) in [6.07, 6.45) is -0.191. The van der Waals surface area contributed by atoms with Gasteiger partial charge in [-0.05, 0) is 17.7 Å². The Balaban J connectivity index is 2.24. The smallest absolute Gasteiger partial charge is 0.315 e. The van der Waals surface area contributed by atoms with Gasteiger partial charge in [0.1, 0.15) is 6.42 Å². The van der Waals surface area contributed by atoms with Gasteiger partial charge in [-0.3, -0.25) is 9.59 Å². The number of rotatable bonds is 1. The number of fused-ring (bicyclic) bond motifs is 1. The van der Waals surface area contributed by atoms with Gasteiger partial charge in [0.2, 0.25) is 0 Å². The van der Waals surface area contributed by atoms with Crippen molar-refractivity contribution in [1.29, 1.82) is 0 Å². The Hall–Kier alpha value is -2.28. The Morgan fingerprint density at radius 2 is 2.31 bits per heavy atom. The number of carboxylic acid groups (broad SMARTS) is 1. The molecule has 0 aromatic heterocycles. The fourth-order valence-corrected chi connectivity index (χ4v) is 1.51. The van der Waals surface area contributed by atoms with Crippen molar-refractivity contribution in [3.63, 3.8) is 0 Å². The first-order valence-electron chi connectivity index (χ1n) is 4.78. The molecule has 0 fully saturated rings. The van der Waals surface area contributed by atoms with Crippen LogP contribution in [0, 0.1) is 11.8 Å². The van der Waals surface area contributed by atoms with E-state index >= 15 is 0 Å². The van der Waals surface area contributed by atoms with Crippen molar-refractivity contribution in [2.75, 3.05) is 0 Å². The maximum atomic E-state index is 11.3. The van der Waals surface area contributed by atoms with Crippen molar-refractivity contribution in [2.45, 2.75) is 13.0 Å². The summed E-state index contributed by atoms with van der Waals surface area (Å²) in [5, 5.41) is 11.1. The largest absolute Gasteiger partial charge is 0.481 e. The number of amides is 1. The van der Waals surface area contributed by atoms with Crippen LogP contribution in [-0.2, 0) is 11.3 Å². The molecule has 1 heterocycles. The van der Waals surface area contributed by atoms with Gasteiger partial charge in [0.05, 0.1) is 0 Å². The summed E-state index contributed by atoms with van der Waals surface area (Å²) in [4.78, 5) is 21.6. The highest BCUT2D eigenvalue weighted by atomic mass is 16.4. The van der Waals surface area contributed by atoms with E-state index in [1.165, 1.54) is 0 Å². The second-order valence-electron chi connectivity index (χ2n) is 3.43. The molecule has 0 saturated carbocycles. The van der Waals surface area contributed by atoms with Crippen molar-refractivity contribution in [3.8, 4) is 11.8 Å². The van der Waals surface area contributed by atoms with Crippen LogP contribution in [0.3, 0.4) is 0 Å². The van der Waals surface area contributed by atoms with E-state index < -0.39 is 5.97 Å². The van der Waals surface area contributed by atoms with Gasteiger partial charge in [-0.15, -0.1) is 0 Å². The minimum Gasteiger partial charge on any atom is -0.481 e. The minimum absolute atomic E-state index is 0.100. The molecule has 4 heteroatoms. The average Bonchev–Trinajstić information content (AvgIpc) is 2.60. The van der Waals surface area contributed by atoms with Crippen molar-refractivity contribution >= 4 is 11.9 Å². The molecule has 0 saturated heterocycles. The van der Waals surface area contributed by atoms with Crippen LogP contribution in [0.5, 0.6) is 0 Å². The number of hydrogen-bond donors (Lipinski definition) is 2. The number of carbonyl (C=O) groups is 2. The molecule has 1 amide bonds. The van der Waals surface area contributed by atoms with E-state index in [2.05, 4.69) is 17.2 Å². The lowest BCUT2D eigenvalue weighted by Gasteiger charge is -1.95. The molecule has 16 heavy (non-hydrogen) atoms. The Labute approximate surface area is 92.3 Å². The van der Waals surface area contributed by atoms with Crippen LogP contribution in [0.1, 0.15) is 27.9 Å². The minimum atomic E-state index is -0.952. The summed E-state index contributed by atoms with van der Waals surface area (Å²) in [6.45, 7) is 0.553. The first-order valence-corrected chi connectivity index (χ1v) is 4.78. The predicted molar refractivity (Wildman–Crippen MR) is 56.7 cm³/mol. The third-order valence-corrected chi connectivity index (χ3v) is 2.27. The van der Waals surface area contributed by atoms with Crippen LogP contribution in [0.25, 0.3) is 0 Å². The van der Waals surface area contributed by atoms with Gasteiger partial charge in [-0.1, -0.05) is 17.9 Å². The molecular formula is C12H9NO3. The monoisotopic (exact) mass is 215 g/mol. The molecule has 0 spiro atoms. The van der Waals surface area contributed by atoms with E-state index in [1.54, 1.807) is 12.1 Å². The Morgan fingerprint density at radius 3 is 3.06 bits per heavy atom.